The van der Waals surface area contributed by atoms with E-state index in [2.05, 4.69) is 5.32 Å². The third-order valence-corrected chi connectivity index (χ3v) is 8.73. The van der Waals surface area contributed by atoms with E-state index in [0.717, 1.165) is 21.3 Å². The average molecular weight is 559 g/mol. The summed E-state index contributed by atoms with van der Waals surface area (Å²) in [6, 6.07) is 19.8. The second-order valence-electron chi connectivity index (χ2n) is 8.97. The number of hydrogen-bond donors (Lipinski definition) is 2. The van der Waals surface area contributed by atoms with Gasteiger partial charge in [0.1, 0.15) is 4.91 Å². The van der Waals surface area contributed by atoms with Crippen molar-refractivity contribution in [3.8, 4) is 0 Å². The molecule has 0 unspecified atom stereocenters. The summed E-state index contributed by atoms with van der Waals surface area (Å²) in [6.45, 7) is 4.28. The number of aliphatic imine (C=N–C) groups is 1. The Morgan fingerprint density at radius 1 is 1.00 bits per heavy atom. The smallest absolute Gasteiger partial charge is 0.335 e. The molecule has 2 aliphatic heterocycles. The Balaban J connectivity index is 1.61. The van der Waals surface area contributed by atoms with Crippen molar-refractivity contribution in [2.24, 2.45) is 4.99 Å². The molecule has 8 nitrogen and oxygen atoms in total. The van der Waals surface area contributed by atoms with Gasteiger partial charge in [-0.1, -0.05) is 36.0 Å². The van der Waals surface area contributed by atoms with E-state index in [4.69, 9.17) is 4.99 Å². The summed E-state index contributed by atoms with van der Waals surface area (Å²) in [6.07, 6.45) is 0. The van der Waals surface area contributed by atoms with Crippen LogP contribution in [0.4, 0.5) is 17.1 Å². The zero-order valence-corrected chi connectivity index (χ0v) is 23.2. The maximum absolute atomic E-state index is 13.9. The Morgan fingerprint density at radius 3 is 2.51 bits per heavy atom. The lowest BCUT2D eigenvalue weighted by atomic mass is 10.1. The predicted molar refractivity (Wildman–Crippen MR) is 157 cm³/mol. The topological polar surface area (TPSA) is 102 Å². The Hall–Kier alpha value is -4.02. The molecule has 0 aliphatic carbocycles. The van der Waals surface area contributed by atoms with E-state index < -0.39 is 5.97 Å². The number of hydrogen-bond acceptors (Lipinski definition) is 8. The molecule has 198 valence electrons. The van der Waals surface area contributed by atoms with Crippen LogP contribution in [0.15, 0.2) is 86.6 Å². The number of benzene rings is 3. The molecule has 0 radical (unpaired) electrons. The highest BCUT2D eigenvalue weighted by molar-refractivity contribution is 8.19. The minimum absolute atomic E-state index is 0.0819. The van der Waals surface area contributed by atoms with Gasteiger partial charge in [0.15, 0.2) is 11.0 Å². The largest absolute Gasteiger partial charge is 0.478 e. The molecular weight excluding hydrogens is 532 g/mol. The van der Waals surface area contributed by atoms with E-state index in [-0.39, 0.29) is 23.8 Å². The molecule has 0 aromatic heterocycles. The summed E-state index contributed by atoms with van der Waals surface area (Å²) in [7, 11) is 1.93. The van der Waals surface area contributed by atoms with Crippen LogP contribution in [0.5, 0.6) is 0 Å². The minimum Gasteiger partial charge on any atom is -0.478 e. The number of amidine groups is 1. The van der Waals surface area contributed by atoms with E-state index in [0.29, 0.717) is 33.4 Å². The van der Waals surface area contributed by atoms with Crippen molar-refractivity contribution >= 4 is 63.4 Å². The van der Waals surface area contributed by atoms with Crippen LogP contribution in [0.25, 0.3) is 0 Å². The Labute approximate surface area is 234 Å². The Bertz CT molecular complexity index is 1570. The van der Waals surface area contributed by atoms with Gasteiger partial charge in [-0.2, -0.15) is 0 Å². The molecule has 3 aromatic carbocycles. The number of anilines is 2. The number of thioether (sulfide) groups is 2. The number of para-hydroxylation sites is 1. The quantitative estimate of drug-likeness (QED) is 0.261. The fourth-order valence-electron chi connectivity index (χ4n) is 4.33. The van der Waals surface area contributed by atoms with Gasteiger partial charge in [-0.3, -0.25) is 14.5 Å². The van der Waals surface area contributed by atoms with Crippen LogP contribution in [0, 0.1) is 0 Å². The number of nitrogens with zero attached hydrogens (tertiary/aromatic N) is 3. The molecule has 2 N–H and O–H groups in total. The van der Waals surface area contributed by atoms with Crippen molar-refractivity contribution in [3.63, 3.8) is 0 Å². The highest BCUT2D eigenvalue weighted by atomic mass is 32.2. The van der Waals surface area contributed by atoms with Crippen LogP contribution in [0.3, 0.4) is 0 Å². The van der Waals surface area contributed by atoms with Gasteiger partial charge in [0.2, 0.25) is 0 Å². The van der Waals surface area contributed by atoms with Gasteiger partial charge >= 0.3 is 5.97 Å². The van der Waals surface area contributed by atoms with Gasteiger partial charge in [-0.25, -0.2) is 9.79 Å². The minimum atomic E-state index is -1.03. The molecule has 2 heterocycles. The first-order chi connectivity index (χ1) is 18.8. The summed E-state index contributed by atoms with van der Waals surface area (Å²) in [5.41, 5.74) is 3.65. The number of carbonyl (C=O) groups excluding carboxylic acids is 2. The number of carbonyl (C=O) groups is 3. The summed E-state index contributed by atoms with van der Waals surface area (Å²) >= 11 is 2.81. The highest BCUT2D eigenvalue weighted by Crippen LogP contribution is 2.50. The number of aromatic carboxylic acids is 1. The molecule has 1 fully saturated rings. The monoisotopic (exact) mass is 558 g/mol. The molecule has 1 saturated heterocycles. The van der Waals surface area contributed by atoms with Crippen LogP contribution >= 0.6 is 23.5 Å². The van der Waals surface area contributed by atoms with Gasteiger partial charge in [0.25, 0.3) is 5.91 Å². The van der Waals surface area contributed by atoms with Crippen molar-refractivity contribution in [3.05, 3.63) is 93.4 Å². The summed E-state index contributed by atoms with van der Waals surface area (Å²) in [5, 5.41) is 14.0. The lowest BCUT2D eigenvalue weighted by Gasteiger charge is -2.17. The van der Waals surface area contributed by atoms with Crippen LogP contribution in [-0.4, -0.2) is 46.4 Å². The van der Waals surface area contributed by atoms with Gasteiger partial charge < -0.3 is 15.3 Å². The number of carboxylic acid groups (broad SMARTS) is 1. The average Bonchev–Trinajstić information content (AvgIpc) is 3.41. The number of nitrogens with one attached hydrogen (secondary N) is 1. The molecule has 39 heavy (non-hydrogen) atoms. The molecule has 0 saturated carbocycles. The van der Waals surface area contributed by atoms with Crippen molar-refractivity contribution in [1.29, 1.82) is 0 Å². The molecule has 3 aromatic rings. The van der Waals surface area contributed by atoms with Gasteiger partial charge in [-0.05, 0) is 73.6 Å². The van der Waals surface area contributed by atoms with Crippen molar-refractivity contribution in [2.45, 2.75) is 25.3 Å². The number of amides is 1. The number of fused-ring (bicyclic) bond motifs is 1. The first-order valence-corrected chi connectivity index (χ1v) is 13.9. The van der Waals surface area contributed by atoms with E-state index in [1.165, 1.54) is 36.5 Å². The Morgan fingerprint density at radius 2 is 1.79 bits per heavy atom. The summed E-state index contributed by atoms with van der Waals surface area (Å²) in [5.74, 6) is -1.33. The second kappa shape index (κ2) is 11.0. The molecule has 0 bridgehead atoms. The maximum atomic E-state index is 13.9. The first-order valence-electron chi connectivity index (χ1n) is 12.3. The zero-order chi connectivity index (χ0) is 27.7. The van der Waals surface area contributed by atoms with Crippen LogP contribution in [-0.2, 0) is 11.3 Å². The molecule has 10 heteroatoms. The lowest BCUT2D eigenvalue weighted by Crippen LogP contribution is -2.29. The van der Waals surface area contributed by atoms with Crippen LogP contribution in [0.1, 0.15) is 40.1 Å². The fourth-order valence-corrected chi connectivity index (χ4v) is 6.67. The van der Waals surface area contributed by atoms with E-state index in [1.807, 2.05) is 49.2 Å². The SMILES string of the molecule is CCNc1ccc(C(C)=O)cc1/N=C1/S/C(=C2\Sc3ccccc3N2C)C(=O)N1Cc1cccc(C(=O)O)c1. The predicted octanol–water partition coefficient (Wildman–Crippen LogP) is 6.19. The van der Waals surface area contributed by atoms with Crippen LogP contribution in [0.2, 0.25) is 0 Å². The number of carboxylic acids is 1. The van der Waals surface area contributed by atoms with Crippen molar-refractivity contribution < 1.29 is 19.5 Å². The standard InChI is InChI=1S/C29H26N4O4S2/c1-4-30-21-13-12-19(17(2)34)15-22(21)31-29-33(16-18-8-7-9-20(14-18)28(36)37)26(35)25(39-29)27-32(3)23-10-5-6-11-24(23)38-27/h5-15,30H,4,16H2,1-3H3,(H,36,37)/b27-25-,31-29+. The number of rotatable bonds is 7. The molecule has 0 spiro atoms. The number of ketones is 1. The first kappa shape index (κ1) is 26.6. The molecule has 0 atom stereocenters. The van der Waals surface area contributed by atoms with Crippen molar-refractivity contribution in [1.82, 2.24) is 4.90 Å². The summed E-state index contributed by atoms with van der Waals surface area (Å²) < 4.78 is 0. The van der Waals surface area contributed by atoms with E-state index in [1.54, 1.807) is 35.2 Å². The lowest BCUT2D eigenvalue weighted by molar-refractivity contribution is -0.122. The molecule has 2 aliphatic rings. The van der Waals surface area contributed by atoms with Gasteiger partial charge in [0.05, 0.1) is 34.2 Å². The third-order valence-electron chi connectivity index (χ3n) is 6.30. The van der Waals surface area contributed by atoms with Crippen molar-refractivity contribution in [2.75, 3.05) is 23.8 Å². The van der Waals surface area contributed by atoms with Gasteiger partial charge in [0, 0.05) is 24.1 Å². The summed E-state index contributed by atoms with van der Waals surface area (Å²) in [4.78, 5) is 47.7. The molecule has 5 rings (SSSR count). The van der Waals surface area contributed by atoms with E-state index >= 15 is 0 Å². The molecular formula is C29H26N4O4S2. The molecule has 1 amide bonds. The maximum Gasteiger partial charge on any atom is 0.335 e. The van der Waals surface area contributed by atoms with E-state index in [9.17, 15) is 19.5 Å². The van der Waals surface area contributed by atoms with Crippen LogP contribution < -0.4 is 10.2 Å². The Kier molecular flexibility index (Phi) is 7.49. The second-order valence-corrected chi connectivity index (χ2v) is 11.0. The zero-order valence-electron chi connectivity index (χ0n) is 21.6. The fraction of sp³-hybridized carbons (Fsp3) is 0.172. The normalized spacial score (nSPS) is 17.6. The highest BCUT2D eigenvalue weighted by Gasteiger charge is 2.39. The van der Waals surface area contributed by atoms with Gasteiger partial charge in [-0.15, -0.1) is 0 Å². The third kappa shape index (κ3) is 5.30. The number of Topliss-reactive ketones (excluding diaryl/α,β-unsaturated/α-hetero) is 1.